The smallest absolute Gasteiger partial charge is 0.337 e. The van der Waals surface area contributed by atoms with Crippen LogP contribution in [0.1, 0.15) is 24.1 Å². The zero-order valence-corrected chi connectivity index (χ0v) is 16.9. The molecule has 3 rings (SSSR count). The lowest BCUT2D eigenvalue weighted by atomic mass is 9.94. The highest BCUT2D eigenvalue weighted by atomic mass is 32.1. The number of anilines is 1. The predicted octanol–water partition coefficient (Wildman–Crippen LogP) is 4.03. The van der Waals surface area contributed by atoms with E-state index in [1.807, 2.05) is 24.3 Å². The molecule has 0 bridgehead atoms. The lowest BCUT2D eigenvalue weighted by Gasteiger charge is -2.37. The van der Waals surface area contributed by atoms with E-state index in [1.54, 1.807) is 38.0 Å². The van der Waals surface area contributed by atoms with Crippen LogP contribution in [0.25, 0.3) is 0 Å². The Morgan fingerprint density at radius 3 is 2.57 bits per heavy atom. The molecule has 28 heavy (non-hydrogen) atoms. The molecule has 2 aromatic carbocycles. The maximum absolute atomic E-state index is 14.1. The molecule has 5 nitrogen and oxygen atoms in total. The summed E-state index contributed by atoms with van der Waals surface area (Å²) in [7, 11) is 2.90. The predicted molar refractivity (Wildman–Crippen MR) is 110 cm³/mol. The van der Waals surface area contributed by atoms with Gasteiger partial charge in [-0.25, -0.2) is 9.18 Å². The van der Waals surface area contributed by atoms with Crippen LogP contribution in [0, 0.1) is 12.7 Å². The molecule has 1 N–H and O–H groups in total. The Balaban J connectivity index is 2.14. The van der Waals surface area contributed by atoms with Gasteiger partial charge in [-0.3, -0.25) is 4.90 Å². The van der Waals surface area contributed by atoms with Crippen molar-refractivity contribution in [2.75, 3.05) is 19.1 Å². The number of benzene rings is 2. The van der Waals surface area contributed by atoms with Crippen molar-refractivity contribution in [3.05, 3.63) is 70.7 Å². The Morgan fingerprint density at radius 1 is 1.18 bits per heavy atom. The van der Waals surface area contributed by atoms with Gasteiger partial charge in [-0.05, 0) is 61.5 Å². The minimum Gasteiger partial charge on any atom is -0.497 e. The van der Waals surface area contributed by atoms with Crippen LogP contribution >= 0.6 is 12.2 Å². The molecule has 1 heterocycles. The minimum absolute atomic E-state index is 0.345. The van der Waals surface area contributed by atoms with Gasteiger partial charge in [0.05, 0.1) is 31.5 Å². The Bertz CT molecular complexity index is 974. The molecule has 0 saturated heterocycles. The second kappa shape index (κ2) is 7.98. The SMILES string of the molecule is COC(=O)C1=C(C)N(c2ccc(C)c(F)c2)C(=S)NC1c1cccc(OC)c1. The molecular formula is C21H21FN2O3S. The van der Waals surface area contributed by atoms with Crippen molar-refractivity contribution < 1.29 is 18.7 Å². The van der Waals surface area contributed by atoms with Crippen LogP contribution in [0.4, 0.5) is 10.1 Å². The van der Waals surface area contributed by atoms with E-state index in [4.69, 9.17) is 21.7 Å². The van der Waals surface area contributed by atoms with Gasteiger partial charge >= 0.3 is 5.97 Å². The molecule has 7 heteroatoms. The summed E-state index contributed by atoms with van der Waals surface area (Å²) in [5.74, 6) is -0.171. The van der Waals surface area contributed by atoms with Crippen molar-refractivity contribution in [2.24, 2.45) is 0 Å². The van der Waals surface area contributed by atoms with Gasteiger partial charge in [0.1, 0.15) is 11.6 Å². The van der Waals surface area contributed by atoms with Crippen LogP contribution in [0.15, 0.2) is 53.7 Å². The Kier molecular flexibility index (Phi) is 5.65. The number of esters is 1. The fourth-order valence-corrected chi connectivity index (χ4v) is 3.58. The van der Waals surface area contributed by atoms with Crippen molar-refractivity contribution in [3.63, 3.8) is 0 Å². The highest BCUT2D eigenvalue weighted by Gasteiger charge is 2.35. The van der Waals surface area contributed by atoms with E-state index >= 15 is 0 Å². The fraction of sp³-hybridized carbons (Fsp3) is 0.238. The number of nitrogens with zero attached hydrogens (tertiary/aromatic N) is 1. The maximum Gasteiger partial charge on any atom is 0.337 e. The number of thiocarbonyl (C=S) groups is 1. The summed E-state index contributed by atoms with van der Waals surface area (Å²) in [4.78, 5) is 14.3. The van der Waals surface area contributed by atoms with Crippen LogP contribution in [0.5, 0.6) is 5.75 Å². The average Bonchev–Trinajstić information content (AvgIpc) is 2.69. The van der Waals surface area contributed by atoms with E-state index in [0.717, 1.165) is 5.56 Å². The van der Waals surface area contributed by atoms with Gasteiger partial charge in [0.2, 0.25) is 0 Å². The molecule has 146 valence electrons. The number of halogens is 1. The van der Waals surface area contributed by atoms with Crippen molar-refractivity contribution in [2.45, 2.75) is 19.9 Å². The number of hydrogen-bond acceptors (Lipinski definition) is 4. The Labute approximate surface area is 168 Å². The van der Waals surface area contributed by atoms with Crippen LogP contribution < -0.4 is 15.0 Å². The third-order valence-corrected chi connectivity index (χ3v) is 5.03. The first-order valence-corrected chi connectivity index (χ1v) is 9.08. The summed E-state index contributed by atoms with van der Waals surface area (Å²) < 4.78 is 24.4. The number of methoxy groups -OCH3 is 2. The maximum atomic E-state index is 14.1. The van der Waals surface area contributed by atoms with Crippen LogP contribution in [-0.4, -0.2) is 25.3 Å². The van der Waals surface area contributed by atoms with Crippen LogP contribution in [0.2, 0.25) is 0 Å². The lowest BCUT2D eigenvalue weighted by molar-refractivity contribution is -0.136. The number of rotatable bonds is 4. The molecule has 1 atom stereocenters. The number of carbonyl (C=O) groups is 1. The van der Waals surface area contributed by atoms with E-state index in [0.29, 0.717) is 33.4 Å². The zero-order valence-electron chi connectivity index (χ0n) is 16.1. The molecule has 1 unspecified atom stereocenters. The van der Waals surface area contributed by atoms with E-state index in [-0.39, 0.29) is 5.82 Å². The van der Waals surface area contributed by atoms with E-state index in [9.17, 15) is 9.18 Å². The summed E-state index contributed by atoms with van der Waals surface area (Å²) >= 11 is 5.55. The average molecular weight is 400 g/mol. The van der Waals surface area contributed by atoms with Crippen molar-refractivity contribution >= 4 is 29.0 Å². The van der Waals surface area contributed by atoms with Crippen LogP contribution in [0.3, 0.4) is 0 Å². The Hall–Kier alpha value is -2.93. The van der Waals surface area contributed by atoms with Gasteiger partial charge in [0.15, 0.2) is 5.11 Å². The van der Waals surface area contributed by atoms with E-state index in [2.05, 4.69) is 5.32 Å². The first kappa shape index (κ1) is 19.8. The molecule has 0 aliphatic carbocycles. The minimum atomic E-state index is -0.512. The van der Waals surface area contributed by atoms with E-state index in [1.165, 1.54) is 13.2 Å². The molecule has 0 radical (unpaired) electrons. The number of hydrogen-bond donors (Lipinski definition) is 1. The van der Waals surface area contributed by atoms with Crippen molar-refractivity contribution in [3.8, 4) is 5.75 Å². The summed E-state index contributed by atoms with van der Waals surface area (Å²) in [5.41, 5.74) is 2.83. The largest absolute Gasteiger partial charge is 0.497 e. The first-order valence-electron chi connectivity index (χ1n) is 8.67. The summed E-state index contributed by atoms with van der Waals surface area (Å²) in [6.45, 7) is 3.46. The van der Waals surface area contributed by atoms with Gasteiger partial charge in [-0.2, -0.15) is 0 Å². The Morgan fingerprint density at radius 2 is 1.93 bits per heavy atom. The third-order valence-electron chi connectivity index (χ3n) is 4.73. The molecule has 0 saturated carbocycles. The number of aryl methyl sites for hydroxylation is 1. The second-order valence-electron chi connectivity index (χ2n) is 6.42. The number of nitrogens with one attached hydrogen (secondary N) is 1. The van der Waals surface area contributed by atoms with Crippen LogP contribution in [-0.2, 0) is 9.53 Å². The molecular weight excluding hydrogens is 379 g/mol. The molecule has 1 aliphatic heterocycles. The molecule has 0 aromatic heterocycles. The normalized spacial score (nSPS) is 16.7. The van der Waals surface area contributed by atoms with E-state index < -0.39 is 12.0 Å². The summed E-state index contributed by atoms with van der Waals surface area (Å²) in [5, 5.41) is 3.55. The second-order valence-corrected chi connectivity index (χ2v) is 6.81. The fourth-order valence-electron chi connectivity index (χ4n) is 3.22. The zero-order chi connectivity index (χ0) is 20.4. The molecule has 0 amide bonds. The van der Waals surface area contributed by atoms with Crippen molar-refractivity contribution in [1.29, 1.82) is 0 Å². The summed E-state index contributed by atoms with van der Waals surface area (Å²) in [6.07, 6.45) is 0. The topological polar surface area (TPSA) is 50.8 Å². The standard InChI is InChI=1S/C21H21FN2O3S/c1-12-8-9-15(11-17(12)22)24-13(2)18(20(25)27-4)19(23-21(24)28)14-6-5-7-16(10-14)26-3/h5-11,19H,1-4H3,(H,23,28). The van der Waals surface area contributed by atoms with Gasteiger partial charge in [0, 0.05) is 5.70 Å². The molecule has 1 aliphatic rings. The number of allylic oxidation sites excluding steroid dienone is 1. The highest BCUT2D eigenvalue weighted by Crippen LogP contribution is 2.35. The summed E-state index contributed by atoms with van der Waals surface area (Å²) in [6, 6.07) is 11.7. The first-order chi connectivity index (χ1) is 13.4. The third kappa shape index (κ3) is 3.57. The van der Waals surface area contributed by atoms with Gasteiger partial charge in [-0.15, -0.1) is 0 Å². The van der Waals surface area contributed by atoms with Gasteiger partial charge in [-0.1, -0.05) is 18.2 Å². The molecule has 0 spiro atoms. The number of ether oxygens (including phenoxy) is 2. The number of carbonyl (C=O) groups excluding carboxylic acids is 1. The molecule has 2 aromatic rings. The molecule has 0 fully saturated rings. The van der Waals surface area contributed by atoms with Gasteiger partial charge in [0.25, 0.3) is 0 Å². The van der Waals surface area contributed by atoms with Crippen molar-refractivity contribution in [1.82, 2.24) is 5.32 Å². The lowest BCUT2D eigenvalue weighted by Crippen LogP contribution is -2.48. The highest BCUT2D eigenvalue weighted by molar-refractivity contribution is 7.80. The van der Waals surface area contributed by atoms with Gasteiger partial charge < -0.3 is 14.8 Å². The quantitative estimate of drug-likeness (QED) is 0.618. The monoisotopic (exact) mass is 400 g/mol.